The number of ether oxygens (including phenoxy) is 2. The van der Waals surface area contributed by atoms with Crippen LogP contribution in [0, 0.1) is 0 Å². The molecule has 0 bridgehead atoms. The van der Waals surface area contributed by atoms with Crippen molar-refractivity contribution in [2.24, 2.45) is 0 Å². The lowest BCUT2D eigenvalue weighted by Gasteiger charge is -2.13. The van der Waals surface area contributed by atoms with Crippen molar-refractivity contribution in [3.63, 3.8) is 0 Å². The van der Waals surface area contributed by atoms with Gasteiger partial charge in [0.1, 0.15) is 11.5 Å². The highest BCUT2D eigenvalue weighted by Crippen LogP contribution is 2.24. The second-order valence-electron chi connectivity index (χ2n) is 4.55. The van der Waals surface area contributed by atoms with Crippen LogP contribution in [0.3, 0.4) is 0 Å². The molecule has 1 atom stereocenters. The zero-order valence-corrected chi connectivity index (χ0v) is 13.5. The highest BCUT2D eigenvalue weighted by molar-refractivity contribution is 7.18. The van der Waals surface area contributed by atoms with Crippen LogP contribution in [-0.4, -0.2) is 18.5 Å². The number of hydrogen-bond acceptors (Lipinski definition) is 4. The summed E-state index contributed by atoms with van der Waals surface area (Å²) < 4.78 is 11.8. The molecule has 0 spiro atoms. The number of carbonyl (C=O) groups excluding carboxylic acids is 1. The SMILES string of the molecule is CCCOc1ccc(OC(C)C(=O)c2ccc(Cl)s2)cc1. The summed E-state index contributed by atoms with van der Waals surface area (Å²) in [7, 11) is 0. The Kier molecular flexibility index (Phi) is 5.65. The quantitative estimate of drug-likeness (QED) is 0.684. The van der Waals surface area contributed by atoms with Gasteiger partial charge in [-0.2, -0.15) is 0 Å². The molecule has 112 valence electrons. The van der Waals surface area contributed by atoms with Crippen molar-refractivity contribution in [3.8, 4) is 11.5 Å². The lowest BCUT2D eigenvalue weighted by molar-refractivity contribution is 0.0822. The van der Waals surface area contributed by atoms with Gasteiger partial charge < -0.3 is 9.47 Å². The summed E-state index contributed by atoms with van der Waals surface area (Å²) in [6.07, 6.45) is 0.412. The topological polar surface area (TPSA) is 35.5 Å². The van der Waals surface area contributed by atoms with E-state index in [1.807, 2.05) is 12.1 Å². The molecule has 0 N–H and O–H groups in total. The van der Waals surface area contributed by atoms with Crippen LogP contribution in [0.25, 0.3) is 0 Å². The Hall–Kier alpha value is -1.52. The lowest BCUT2D eigenvalue weighted by atomic mass is 10.2. The van der Waals surface area contributed by atoms with Gasteiger partial charge in [-0.3, -0.25) is 4.79 Å². The van der Waals surface area contributed by atoms with Gasteiger partial charge in [0.2, 0.25) is 5.78 Å². The second kappa shape index (κ2) is 7.48. The maximum absolute atomic E-state index is 12.2. The van der Waals surface area contributed by atoms with E-state index in [9.17, 15) is 4.79 Å². The number of ketones is 1. The summed E-state index contributed by atoms with van der Waals surface area (Å²) in [6.45, 7) is 4.48. The minimum absolute atomic E-state index is 0.0711. The third kappa shape index (κ3) is 4.48. The summed E-state index contributed by atoms with van der Waals surface area (Å²) in [5, 5.41) is 0. The largest absolute Gasteiger partial charge is 0.494 e. The lowest BCUT2D eigenvalue weighted by Crippen LogP contribution is -2.23. The van der Waals surface area contributed by atoms with Crippen LogP contribution < -0.4 is 9.47 Å². The molecule has 2 aromatic rings. The molecule has 1 heterocycles. The maximum atomic E-state index is 12.2. The molecule has 0 aliphatic heterocycles. The Morgan fingerprint density at radius 1 is 1.19 bits per heavy atom. The Balaban J connectivity index is 1.95. The van der Waals surface area contributed by atoms with Gasteiger partial charge in [-0.1, -0.05) is 18.5 Å². The van der Waals surface area contributed by atoms with E-state index < -0.39 is 6.10 Å². The van der Waals surface area contributed by atoms with E-state index in [2.05, 4.69) is 6.92 Å². The Morgan fingerprint density at radius 2 is 1.86 bits per heavy atom. The second-order valence-corrected chi connectivity index (χ2v) is 6.26. The van der Waals surface area contributed by atoms with Gasteiger partial charge >= 0.3 is 0 Å². The Bertz CT molecular complexity index is 592. The molecule has 0 saturated heterocycles. The molecule has 2 rings (SSSR count). The normalized spacial score (nSPS) is 12.0. The fraction of sp³-hybridized carbons (Fsp3) is 0.312. The van der Waals surface area contributed by atoms with Crippen molar-refractivity contribution in [2.45, 2.75) is 26.4 Å². The molecule has 0 aliphatic carbocycles. The number of rotatable bonds is 7. The molecule has 1 aromatic heterocycles. The average Bonchev–Trinajstić information content (AvgIpc) is 2.92. The standard InChI is InChI=1S/C16H17ClO3S/c1-3-10-19-12-4-6-13(7-5-12)20-11(2)16(18)14-8-9-15(17)21-14/h4-9,11H,3,10H2,1-2H3. The summed E-state index contributed by atoms with van der Waals surface area (Å²) in [5.41, 5.74) is 0. The minimum atomic E-state index is -0.554. The van der Waals surface area contributed by atoms with Crippen molar-refractivity contribution >= 4 is 28.7 Å². The van der Waals surface area contributed by atoms with E-state index in [0.29, 0.717) is 21.6 Å². The molecule has 21 heavy (non-hydrogen) atoms. The van der Waals surface area contributed by atoms with E-state index >= 15 is 0 Å². The molecule has 3 nitrogen and oxygen atoms in total. The van der Waals surface area contributed by atoms with Gasteiger partial charge in [0.15, 0.2) is 6.10 Å². The van der Waals surface area contributed by atoms with Crippen LogP contribution in [0.2, 0.25) is 4.34 Å². The third-order valence-electron chi connectivity index (χ3n) is 2.79. The zero-order chi connectivity index (χ0) is 15.2. The first-order valence-electron chi connectivity index (χ1n) is 6.79. The van der Waals surface area contributed by atoms with E-state index in [4.69, 9.17) is 21.1 Å². The first-order chi connectivity index (χ1) is 10.1. The van der Waals surface area contributed by atoms with Crippen molar-refractivity contribution in [3.05, 3.63) is 45.6 Å². The maximum Gasteiger partial charge on any atom is 0.212 e. The summed E-state index contributed by atoms with van der Waals surface area (Å²) >= 11 is 7.10. The van der Waals surface area contributed by atoms with Crippen molar-refractivity contribution in [1.29, 1.82) is 0 Å². The number of halogens is 1. The Labute approximate surface area is 133 Å². The van der Waals surface area contributed by atoms with Crippen molar-refractivity contribution in [1.82, 2.24) is 0 Å². The highest BCUT2D eigenvalue weighted by Gasteiger charge is 2.18. The first kappa shape index (κ1) is 15.9. The number of thiophene rings is 1. The molecule has 5 heteroatoms. The summed E-state index contributed by atoms with van der Waals surface area (Å²) in [6, 6.07) is 10.7. The molecule has 0 aliphatic rings. The van der Waals surface area contributed by atoms with Gasteiger partial charge in [-0.25, -0.2) is 0 Å². The van der Waals surface area contributed by atoms with Gasteiger partial charge in [0, 0.05) is 0 Å². The fourth-order valence-electron chi connectivity index (χ4n) is 1.74. The Morgan fingerprint density at radius 3 is 2.43 bits per heavy atom. The first-order valence-corrected chi connectivity index (χ1v) is 7.98. The third-order valence-corrected chi connectivity index (χ3v) is 4.04. The molecule has 0 amide bonds. The molecular formula is C16H17ClO3S. The van der Waals surface area contributed by atoms with Crippen LogP contribution >= 0.6 is 22.9 Å². The summed E-state index contributed by atoms with van der Waals surface area (Å²) in [4.78, 5) is 12.8. The number of benzene rings is 1. The molecule has 0 radical (unpaired) electrons. The smallest absolute Gasteiger partial charge is 0.212 e. The number of carbonyl (C=O) groups is 1. The van der Waals surface area contributed by atoms with Gasteiger partial charge in [-0.05, 0) is 49.7 Å². The predicted molar refractivity (Wildman–Crippen MR) is 86.0 cm³/mol. The molecular weight excluding hydrogens is 308 g/mol. The van der Waals surface area contributed by atoms with Crippen molar-refractivity contribution < 1.29 is 14.3 Å². The molecule has 1 aromatic carbocycles. The van der Waals surface area contributed by atoms with Gasteiger partial charge in [-0.15, -0.1) is 11.3 Å². The van der Waals surface area contributed by atoms with Crippen LogP contribution in [0.1, 0.15) is 29.9 Å². The highest BCUT2D eigenvalue weighted by atomic mass is 35.5. The van der Waals surface area contributed by atoms with Crippen LogP contribution in [0.15, 0.2) is 36.4 Å². The van der Waals surface area contributed by atoms with Gasteiger partial charge in [0.05, 0.1) is 15.8 Å². The molecule has 0 fully saturated rings. The van der Waals surface area contributed by atoms with E-state index in [0.717, 1.165) is 12.2 Å². The minimum Gasteiger partial charge on any atom is -0.494 e. The summed E-state index contributed by atoms with van der Waals surface area (Å²) in [5.74, 6) is 1.37. The zero-order valence-electron chi connectivity index (χ0n) is 12.0. The predicted octanol–water partition coefficient (Wildman–Crippen LogP) is 4.84. The number of hydrogen-bond donors (Lipinski definition) is 0. The monoisotopic (exact) mass is 324 g/mol. The van der Waals surface area contributed by atoms with Gasteiger partial charge in [0.25, 0.3) is 0 Å². The molecule has 1 unspecified atom stereocenters. The fourth-order valence-corrected chi connectivity index (χ4v) is 2.80. The van der Waals surface area contributed by atoms with Crippen LogP contribution in [0.5, 0.6) is 11.5 Å². The van der Waals surface area contributed by atoms with Crippen LogP contribution in [0.4, 0.5) is 0 Å². The van der Waals surface area contributed by atoms with E-state index in [-0.39, 0.29) is 5.78 Å². The van der Waals surface area contributed by atoms with Crippen molar-refractivity contribution in [2.75, 3.05) is 6.61 Å². The van der Waals surface area contributed by atoms with E-state index in [1.54, 1.807) is 31.2 Å². The average molecular weight is 325 g/mol. The van der Waals surface area contributed by atoms with Crippen LogP contribution in [-0.2, 0) is 0 Å². The van der Waals surface area contributed by atoms with E-state index in [1.165, 1.54) is 11.3 Å². The number of Topliss-reactive ketones (excluding diaryl/α,β-unsaturated/α-hetero) is 1. The molecule has 0 saturated carbocycles.